The number of carbonyl (C=O) groups is 1. The molecule has 98 valence electrons. The summed E-state index contributed by atoms with van der Waals surface area (Å²) in [6.07, 6.45) is 7.48. The van der Waals surface area contributed by atoms with Gasteiger partial charge < -0.3 is 10.1 Å². The monoisotopic (exact) mass is 360 g/mol. The highest BCUT2D eigenvalue weighted by molar-refractivity contribution is 14.1. The first-order valence-corrected chi connectivity index (χ1v) is 7.29. The molecule has 0 radical (unpaired) electrons. The number of carbonyl (C=O) groups excluding carboxylic acids is 1. The number of nitrogens with zero attached hydrogens (tertiary/aromatic N) is 1. The second-order valence-electron chi connectivity index (χ2n) is 4.49. The highest BCUT2D eigenvalue weighted by atomic mass is 127. The molecule has 0 unspecified atom stereocenters. The Hall–Kier alpha value is -0.850. The van der Waals surface area contributed by atoms with E-state index in [0.717, 1.165) is 16.4 Å². The highest BCUT2D eigenvalue weighted by Crippen LogP contribution is 2.23. The number of rotatable bonds is 3. The first-order chi connectivity index (χ1) is 8.72. The third-order valence-corrected chi connectivity index (χ3v) is 4.13. The van der Waals surface area contributed by atoms with Crippen LogP contribution in [0.4, 0.5) is 0 Å². The lowest BCUT2D eigenvalue weighted by molar-refractivity contribution is 0.0923. The largest absolute Gasteiger partial charge is 0.480 e. The molecule has 4 nitrogen and oxygen atoms in total. The zero-order valence-electron chi connectivity index (χ0n) is 10.4. The van der Waals surface area contributed by atoms with Crippen LogP contribution in [0.2, 0.25) is 0 Å². The first kappa shape index (κ1) is 13.6. The van der Waals surface area contributed by atoms with Gasteiger partial charge in [-0.1, -0.05) is 19.3 Å². The minimum Gasteiger partial charge on any atom is -0.480 e. The Morgan fingerprint density at radius 1 is 1.44 bits per heavy atom. The topological polar surface area (TPSA) is 51.2 Å². The van der Waals surface area contributed by atoms with Crippen molar-refractivity contribution in [1.82, 2.24) is 10.3 Å². The number of methoxy groups -OCH3 is 1. The highest BCUT2D eigenvalue weighted by Gasteiger charge is 2.21. The molecular formula is C13H17IN2O2. The van der Waals surface area contributed by atoms with Gasteiger partial charge in [-0.2, -0.15) is 0 Å². The molecule has 1 fully saturated rings. The van der Waals surface area contributed by atoms with E-state index in [1.807, 2.05) is 6.07 Å². The van der Waals surface area contributed by atoms with E-state index in [1.54, 1.807) is 6.20 Å². The molecule has 1 N–H and O–H groups in total. The van der Waals surface area contributed by atoms with Crippen LogP contribution in [0, 0.1) is 3.57 Å². The first-order valence-electron chi connectivity index (χ1n) is 6.21. The van der Waals surface area contributed by atoms with E-state index < -0.39 is 0 Å². The maximum Gasteiger partial charge on any atom is 0.258 e. The lowest BCUT2D eigenvalue weighted by atomic mass is 9.95. The van der Waals surface area contributed by atoms with Gasteiger partial charge >= 0.3 is 0 Å². The van der Waals surface area contributed by atoms with E-state index in [-0.39, 0.29) is 5.91 Å². The van der Waals surface area contributed by atoms with E-state index in [4.69, 9.17) is 4.74 Å². The molecule has 1 aromatic rings. The molecule has 5 heteroatoms. The van der Waals surface area contributed by atoms with Crippen molar-refractivity contribution in [1.29, 1.82) is 0 Å². The average molecular weight is 360 g/mol. The molecule has 1 aromatic heterocycles. The van der Waals surface area contributed by atoms with Crippen molar-refractivity contribution in [2.45, 2.75) is 38.1 Å². The second kappa shape index (κ2) is 6.36. The van der Waals surface area contributed by atoms with Crippen molar-refractivity contribution in [3.05, 3.63) is 21.4 Å². The van der Waals surface area contributed by atoms with Gasteiger partial charge in [0.2, 0.25) is 5.88 Å². The van der Waals surface area contributed by atoms with Crippen LogP contribution in [0.5, 0.6) is 5.88 Å². The Morgan fingerprint density at radius 3 is 2.83 bits per heavy atom. The van der Waals surface area contributed by atoms with E-state index in [2.05, 4.69) is 32.9 Å². The Morgan fingerprint density at radius 2 is 2.17 bits per heavy atom. The number of nitrogens with one attached hydrogen (secondary N) is 1. The minimum absolute atomic E-state index is 0.0729. The number of hydrogen-bond donors (Lipinski definition) is 1. The summed E-state index contributed by atoms with van der Waals surface area (Å²) in [4.78, 5) is 16.4. The summed E-state index contributed by atoms with van der Waals surface area (Å²) in [6.45, 7) is 0. The summed E-state index contributed by atoms with van der Waals surface area (Å²) in [5.41, 5.74) is 0.547. The standard InChI is InChI=1S/C13H17IN2O2/c1-18-13-11(10(14)7-8-15-13)12(17)16-9-5-3-2-4-6-9/h7-9H,2-6H2,1H3,(H,16,17). The second-order valence-corrected chi connectivity index (χ2v) is 5.65. The molecule has 1 amide bonds. The third kappa shape index (κ3) is 3.13. The summed E-state index contributed by atoms with van der Waals surface area (Å²) in [7, 11) is 1.54. The summed E-state index contributed by atoms with van der Waals surface area (Å²) >= 11 is 2.14. The number of aromatic nitrogens is 1. The van der Waals surface area contributed by atoms with Crippen LogP contribution in [0.15, 0.2) is 12.3 Å². The molecule has 0 aliphatic heterocycles. The molecule has 1 saturated carbocycles. The summed E-state index contributed by atoms with van der Waals surface area (Å²) in [6, 6.07) is 2.12. The molecular weight excluding hydrogens is 343 g/mol. The molecule has 1 aliphatic rings. The zero-order chi connectivity index (χ0) is 13.0. The Balaban J connectivity index is 2.12. The van der Waals surface area contributed by atoms with Gasteiger partial charge in [0.1, 0.15) is 5.56 Å². The Labute approximate surface area is 121 Å². The van der Waals surface area contributed by atoms with Gasteiger partial charge in [0.25, 0.3) is 5.91 Å². The summed E-state index contributed by atoms with van der Waals surface area (Å²) < 4.78 is 6.03. The molecule has 18 heavy (non-hydrogen) atoms. The fraction of sp³-hybridized carbons (Fsp3) is 0.538. The summed E-state index contributed by atoms with van der Waals surface area (Å²) in [5.74, 6) is 0.325. The van der Waals surface area contributed by atoms with Gasteiger partial charge in [-0.3, -0.25) is 4.79 Å². The van der Waals surface area contributed by atoms with Crippen molar-refractivity contribution in [2.75, 3.05) is 7.11 Å². The molecule has 0 spiro atoms. The Bertz CT molecular complexity index is 431. The van der Waals surface area contributed by atoms with Crippen LogP contribution < -0.4 is 10.1 Å². The molecule has 0 atom stereocenters. The lowest BCUT2D eigenvalue weighted by Crippen LogP contribution is -2.36. The number of ether oxygens (including phenoxy) is 1. The van der Waals surface area contributed by atoms with E-state index >= 15 is 0 Å². The smallest absolute Gasteiger partial charge is 0.258 e. The van der Waals surface area contributed by atoms with Gasteiger partial charge in [0.15, 0.2) is 0 Å². The molecule has 0 aromatic carbocycles. The van der Waals surface area contributed by atoms with Crippen LogP contribution in [0.1, 0.15) is 42.5 Å². The van der Waals surface area contributed by atoms with Crippen molar-refractivity contribution >= 4 is 28.5 Å². The van der Waals surface area contributed by atoms with Crippen molar-refractivity contribution < 1.29 is 9.53 Å². The predicted molar refractivity (Wildman–Crippen MR) is 77.8 cm³/mol. The zero-order valence-corrected chi connectivity index (χ0v) is 12.6. The molecule has 2 rings (SSSR count). The average Bonchev–Trinajstić information content (AvgIpc) is 2.39. The SMILES string of the molecule is COc1nccc(I)c1C(=O)NC1CCCCC1. The fourth-order valence-electron chi connectivity index (χ4n) is 2.29. The maximum absolute atomic E-state index is 12.3. The molecule has 1 heterocycles. The van der Waals surface area contributed by atoms with Crippen molar-refractivity contribution in [2.24, 2.45) is 0 Å². The number of halogens is 1. The van der Waals surface area contributed by atoms with Crippen molar-refractivity contribution in [3.8, 4) is 5.88 Å². The van der Waals surface area contributed by atoms with Gasteiger partial charge in [0.05, 0.1) is 7.11 Å². The molecule has 0 bridgehead atoms. The van der Waals surface area contributed by atoms with Crippen LogP contribution in [-0.4, -0.2) is 24.0 Å². The maximum atomic E-state index is 12.3. The van der Waals surface area contributed by atoms with Gasteiger partial charge in [0, 0.05) is 15.8 Å². The van der Waals surface area contributed by atoms with Gasteiger partial charge in [-0.25, -0.2) is 4.98 Å². The van der Waals surface area contributed by atoms with Crippen LogP contribution >= 0.6 is 22.6 Å². The fourth-order valence-corrected chi connectivity index (χ4v) is 2.92. The van der Waals surface area contributed by atoms with E-state index in [1.165, 1.54) is 26.4 Å². The number of pyridine rings is 1. The minimum atomic E-state index is -0.0729. The molecule has 1 aliphatic carbocycles. The third-order valence-electron chi connectivity index (χ3n) is 3.23. The van der Waals surface area contributed by atoms with E-state index in [0.29, 0.717) is 17.5 Å². The van der Waals surface area contributed by atoms with Gasteiger partial charge in [-0.05, 0) is 41.5 Å². The predicted octanol–water partition coefficient (Wildman–Crippen LogP) is 2.76. The number of hydrogen-bond acceptors (Lipinski definition) is 3. The van der Waals surface area contributed by atoms with Crippen LogP contribution in [0.25, 0.3) is 0 Å². The van der Waals surface area contributed by atoms with Gasteiger partial charge in [-0.15, -0.1) is 0 Å². The summed E-state index contributed by atoms with van der Waals surface area (Å²) in [5, 5.41) is 3.09. The normalized spacial score (nSPS) is 16.3. The van der Waals surface area contributed by atoms with Crippen LogP contribution in [0.3, 0.4) is 0 Å². The van der Waals surface area contributed by atoms with E-state index in [9.17, 15) is 4.79 Å². The number of amides is 1. The quantitative estimate of drug-likeness (QED) is 0.844. The van der Waals surface area contributed by atoms with Crippen LogP contribution in [-0.2, 0) is 0 Å². The molecule has 0 saturated heterocycles. The lowest BCUT2D eigenvalue weighted by Gasteiger charge is -2.23. The Kier molecular flexibility index (Phi) is 4.79. The van der Waals surface area contributed by atoms with Crippen molar-refractivity contribution in [3.63, 3.8) is 0 Å².